The fourth-order valence-corrected chi connectivity index (χ4v) is 5.01. The molecule has 1 aromatic carbocycles. The Morgan fingerprint density at radius 2 is 1.85 bits per heavy atom. The number of para-hydroxylation sites is 1. The minimum atomic E-state index is -3.58. The molecule has 176 valence electrons. The second-order valence-electron chi connectivity index (χ2n) is 7.48. The maximum atomic E-state index is 13.0. The second-order valence-corrected chi connectivity index (χ2v) is 10.1. The minimum absolute atomic E-state index is 0.153. The van der Waals surface area contributed by atoms with E-state index in [4.69, 9.17) is 25.8 Å². The fourth-order valence-electron chi connectivity index (χ4n) is 3.69. The molecule has 1 fully saturated rings. The molecule has 10 nitrogen and oxygen atoms in total. The second kappa shape index (κ2) is 10.0. The first kappa shape index (κ1) is 23.4. The van der Waals surface area contributed by atoms with Gasteiger partial charge >= 0.3 is 0 Å². The van der Waals surface area contributed by atoms with E-state index < -0.39 is 9.84 Å². The summed E-state index contributed by atoms with van der Waals surface area (Å²) in [5.74, 6) is 1.68. The molecular weight excluding hydrogens is 470 g/mol. The van der Waals surface area contributed by atoms with E-state index in [2.05, 4.69) is 20.2 Å². The average Bonchev–Trinajstić information content (AvgIpc) is 3.48. The summed E-state index contributed by atoms with van der Waals surface area (Å²) >= 11 is 5.80. The van der Waals surface area contributed by atoms with Gasteiger partial charge in [-0.25, -0.2) is 18.4 Å². The van der Waals surface area contributed by atoms with Gasteiger partial charge < -0.3 is 14.2 Å². The Labute approximate surface area is 196 Å². The van der Waals surface area contributed by atoms with Crippen molar-refractivity contribution < 1.29 is 22.6 Å². The van der Waals surface area contributed by atoms with Crippen molar-refractivity contribution in [1.82, 2.24) is 24.7 Å². The molecule has 0 N–H and O–H groups in total. The summed E-state index contributed by atoms with van der Waals surface area (Å²) in [4.78, 5) is 8.13. The lowest BCUT2D eigenvalue weighted by Crippen LogP contribution is -2.17. The number of aromatic nitrogens is 5. The molecule has 0 radical (unpaired) electrons. The van der Waals surface area contributed by atoms with E-state index in [1.165, 1.54) is 26.6 Å². The highest BCUT2D eigenvalue weighted by Crippen LogP contribution is 2.37. The van der Waals surface area contributed by atoms with Gasteiger partial charge in [-0.2, -0.15) is 0 Å². The van der Waals surface area contributed by atoms with Crippen LogP contribution in [-0.2, 0) is 26.7 Å². The first-order valence-corrected chi connectivity index (χ1v) is 12.6. The molecule has 12 heteroatoms. The minimum Gasteiger partial charge on any atom is -0.494 e. The van der Waals surface area contributed by atoms with Gasteiger partial charge in [0.15, 0.2) is 21.5 Å². The quantitative estimate of drug-likeness (QED) is 0.443. The molecule has 0 spiro atoms. The number of benzene rings is 1. The average molecular weight is 494 g/mol. The molecule has 1 atom stereocenters. The highest BCUT2D eigenvalue weighted by Gasteiger charge is 2.30. The topological polar surface area (TPSA) is 118 Å². The van der Waals surface area contributed by atoms with Crippen LogP contribution in [0.2, 0.25) is 5.02 Å². The molecule has 1 aliphatic rings. The molecule has 0 bridgehead atoms. The van der Waals surface area contributed by atoms with E-state index in [-0.39, 0.29) is 29.9 Å². The Hall–Kier alpha value is -2.76. The lowest BCUT2D eigenvalue weighted by molar-refractivity contribution is 0.103. The van der Waals surface area contributed by atoms with Crippen LogP contribution in [0.25, 0.3) is 5.69 Å². The molecule has 0 aliphatic carbocycles. The van der Waals surface area contributed by atoms with Crippen LogP contribution >= 0.6 is 11.6 Å². The van der Waals surface area contributed by atoms with E-state index >= 15 is 0 Å². The van der Waals surface area contributed by atoms with Crippen LogP contribution in [0.15, 0.2) is 30.6 Å². The Bertz CT molecular complexity index is 1190. The summed E-state index contributed by atoms with van der Waals surface area (Å²) in [6, 6.07) is 5.33. The normalized spacial score (nSPS) is 16.2. The number of sulfone groups is 1. The van der Waals surface area contributed by atoms with Crippen molar-refractivity contribution in [2.75, 3.05) is 26.6 Å². The maximum Gasteiger partial charge on any atom is 0.167 e. The molecule has 33 heavy (non-hydrogen) atoms. The van der Waals surface area contributed by atoms with Crippen LogP contribution in [0.1, 0.15) is 36.4 Å². The number of ether oxygens (including phenoxy) is 3. The van der Waals surface area contributed by atoms with E-state index in [9.17, 15) is 8.42 Å². The summed E-state index contributed by atoms with van der Waals surface area (Å²) in [6.45, 7) is 0.606. The van der Waals surface area contributed by atoms with Gasteiger partial charge in [-0.15, -0.1) is 10.2 Å². The van der Waals surface area contributed by atoms with E-state index in [1.54, 1.807) is 22.8 Å². The molecule has 1 saturated heterocycles. The Balaban J connectivity index is 1.70. The smallest absolute Gasteiger partial charge is 0.167 e. The Kier molecular flexibility index (Phi) is 7.11. The molecule has 4 rings (SSSR count). The first-order valence-electron chi connectivity index (χ1n) is 10.4. The molecule has 3 aromatic rings. The van der Waals surface area contributed by atoms with Crippen molar-refractivity contribution in [2.45, 2.75) is 31.1 Å². The van der Waals surface area contributed by atoms with Crippen molar-refractivity contribution in [2.24, 2.45) is 0 Å². The highest BCUT2D eigenvalue weighted by atomic mass is 35.5. The molecule has 1 aliphatic heterocycles. The zero-order valence-corrected chi connectivity index (χ0v) is 19.8. The van der Waals surface area contributed by atoms with Gasteiger partial charge in [-0.3, -0.25) is 4.57 Å². The van der Waals surface area contributed by atoms with Gasteiger partial charge in [0, 0.05) is 25.4 Å². The number of hydrogen-bond donors (Lipinski definition) is 0. The van der Waals surface area contributed by atoms with Crippen molar-refractivity contribution in [3.8, 4) is 17.2 Å². The van der Waals surface area contributed by atoms with E-state index in [0.717, 1.165) is 12.8 Å². The number of hydrogen-bond acceptors (Lipinski definition) is 9. The molecular formula is C21H24ClN5O5S. The van der Waals surface area contributed by atoms with E-state index in [1.807, 2.05) is 0 Å². The Morgan fingerprint density at radius 1 is 1.15 bits per heavy atom. The number of halogens is 1. The molecule has 0 amide bonds. The Morgan fingerprint density at radius 3 is 2.45 bits per heavy atom. The monoisotopic (exact) mass is 493 g/mol. The van der Waals surface area contributed by atoms with Crippen LogP contribution in [-0.4, -0.2) is 59.7 Å². The zero-order valence-electron chi connectivity index (χ0n) is 18.3. The van der Waals surface area contributed by atoms with Crippen LogP contribution in [0, 0.1) is 0 Å². The molecule has 0 saturated carbocycles. The van der Waals surface area contributed by atoms with Crippen LogP contribution < -0.4 is 9.47 Å². The molecule has 0 unspecified atom stereocenters. The van der Waals surface area contributed by atoms with Gasteiger partial charge in [0.2, 0.25) is 0 Å². The van der Waals surface area contributed by atoms with Crippen molar-refractivity contribution in [3.05, 3.63) is 53.1 Å². The third kappa shape index (κ3) is 5.26. The predicted octanol–water partition coefficient (Wildman–Crippen LogP) is 2.74. The standard InChI is InChI=1S/C21H24ClN5O5S/c1-30-15-5-3-6-16(31-2)20(15)27-19(25-26-21(27)17-7-4-9-32-17)13-33(28,29)10-8-18-23-11-14(22)12-24-18/h3,5-6,11-12,17H,4,7-10,13H2,1-2H3/t17-/m0/s1. The highest BCUT2D eigenvalue weighted by molar-refractivity contribution is 7.90. The first-order chi connectivity index (χ1) is 15.9. The summed E-state index contributed by atoms with van der Waals surface area (Å²) in [6.07, 6.45) is 4.38. The summed E-state index contributed by atoms with van der Waals surface area (Å²) < 4.78 is 44.6. The van der Waals surface area contributed by atoms with Gasteiger partial charge in [-0.1, -0.05) is 17.7 Å². The fraction of sp³-hybridized carbons (Fsp3) is 0.429. The lowest BCUT2D eigenvalue weighted by atomic mass is 10.2. The lowest BCUT2D eigenvalue weighted by Gasteiger charge is -2.19. The third-order valence-corrected chi connectivity index (χ3v) is 6.98. The summed E-state index contributed by atoms with van der Waals surface area (Å²) in [5, 5.41) is 8.94. The SMILES string of the molecule is COc1cccc(OC)c1-n1c(CS(=O)(=O)CCc2ncc(Cl)cn2)nnc1[C@@H]1CCCO1. The number of nitrogens with zero attached hydrogens (tertiary/aromatic N) is 5. The van der Waals surface area contributed by atoms with E-state index in [0.29, 0.717) is 40.5 Å². The van der Waals surface area contributed by atoms with Crippen LogP contribution in [0.5, 0.6) is 11.5 Å². The third-order valence-electron chi connectivity index (χ3n) is 5.26. The molecule has 3 heterocycles. The van der Waals surface area contributed by atoms with Crippen molar-refractivity contribution in [1.29, 1.82) is 0 Å². The van der Waals surface area contributed by atoms with Gasteiger partial charge in [-0.05, 0) is 25.0 Å². The van der Waals surface area contributed by atoms with Crippen molar-refractivity contribution >= 4 is 21.4 Å². The van der Waals surface area contributed by atoms with Gasteiger partial charge in [0.05, 0.1) is 25.0 Å². The summed E-state index contributed by atoms with van der Waals surface area (Å²) in [5.41, 5.74) is 0.532. The maximum absolute atomic E-state index is 13.0. The van der Waals surface area contributed by atoms with Crippen molar-refractivity contribution in [3.63, 3.8) is 0 Å². The number of methoxy groups -OCH3 is 2. The number of aryl methyl sites for hydroxylation is 1. The largest absolute Gasteiger partial charge is 0.494 e. The molecule has 2 aromatic heterocycles. The predicted molar refractivity (Wildman–Crippen MR) is 121 cm³/mol. The van der Waals surface area contributed by atoms with Crippen LogP contribution in [0.3, 0.4) is 0 Å². The van der Waals surface area contributed by atoms with Crippen LogP contribution in [0.4, 0.5) is 0 Å². The number of rotatable bonds is 9. The summed E-state index contributed by atoms with van der Waals surface area (Å²) in [7, 11) is -0.504. The van der Waals surface area contributed by atoms with Gasteiger partial charge in [0.1, 0.15) is 34.9 Å². The van der Waals surface area contributed by atoms with Gasteiger partial charge in [0.25, 0.3) is 0 Å². The zero-order chi connectivity index (χ0) is 23.4.